The Kier molecular flexibility index (Phi) is 5.75. The quantitative estimate of drug-likeness (QED) is 0.326. The van der Waals surface area contributed by atoms with Crippen LogP contribution in [-0.2, 0) is 22.8 Å². The molecule has 1 fully saturated rings. The molecule has 6 rings (SSSR count). The van der Waals surface area contributed by atoms with E-state index < -0.39 is 35.7 Å². The summed E-state index contributed by atoms with van der Waals surface area (Å²) in [6.07, 6.45) is -3.48. The summed E-state index contributed by atoms with van der Waals surface area (Å²) in [5.41, 5.74) is 4.68. The summed E-state index contributed by atoms with van der Waals surface area (Å²) >= 11 is 0. The van der Waals surface area contributed by atoms with Crippen LogP contribution in [0.5, 0.6) is 0 Å². The summed E-state index contributed by atoms with van der Waals surface area (Å²) in [6, 6.07) is 1.67. The van der Waals surface area contributed by atoms with Crippen molar-refractivity contribution >= 4 is 23.2 Å². The highest BCUT2D eigenvalue weighted by Crippen LogP contribution is 2.57. The van der Waals surface area contributed by atoms with Crippen molar-refractivity contribution in [2.75, 3.05) is 11.1 Å². The van der Waals surface area contributed by atoms with E-state index in [2.05, 4.69) is 30.2 Å². The number of nitrogens with one attached hydrogen (secondary N) is 1. The SMILES string of the molecule is Nc1nc(-c2cn3ccnc3c(CCCC(F)(F)F)n2)nc2c1C(c1cc(C(F)(F)F)ccn1)(C1CC1)C(=O)N2. The molecule has 208 valence electrons. The number of nitrogen functional groups attached to an aromatic ring is 1. The number of alkyl halides is 6. The molecule has 0 aromatic carbocycles. The topological polar surface area (TPSA) is 124 Å². The third-order valence-corrected chi connectivity index (χ3v) is 7.15. The van der Waals surface area contributed by atoms with Crippen molar-refractivity contribution < 1.29 is 31.1 Å². The van der Waals surface area contributed by atoms with Gasteiger partial charge in [0.2, 0.25) is 5.91 Å². The fourth-order valence-corrected chi connectivity index (χ4v) is 5.30. The number of nitrogens with two attached hydrogens (primary N) is 1. The Balaban J connectivity index is 1.44. The lowest BCUT2D eigenvalue weighted by Gasteiger charge is -2.28. The first-order valence-corrected chi connectivity index (χ1v) is 12.3. The predicted molar refractivity (Wildman–Crippen MR) is 129 cm³/mol. The Bertz CT molecular complexity index is 1640. The molecule has 40 heavy (non-hydrogen) atoms. The number of nitrogens with zero attached hydrogens (tertiary/aromatic N) is 6. The number of imidazole rings is 1. The van der Waals surface area contributed by atoms with E-state index in [1.807, 2.05) is 0 Å². The fraction of sp³-hybridized carbons (Fsp3) is 0.360. The molecule has 0 spiro atoms. The van der Waals surface area contributed by atoms with Crippen molar-refractivity contribution in [2.45, 2.75) is 49.9 Å². The minimum absolute atomic E-state index is 0.0168. The van der Waals surface area contributed by atoms with Gasteiger partial charge in [0.15, 0.2) is 11.5 Å². The molecule has 15 heteroatoms. The van der Waals surface area contributed by atoms with Crippen LogP contribution in [0, 0.1) is 5.92 Å². The second-order valence-corrected chi connectivity index (χ2v) is 9.82. The number of fused-ring (bicyclic) bond motifs is 2. The van der Waals surface area contributed by atoms with Gasteiger partial charge in [-0.25, -0.2) is 19.9 Å². The molecule has 2 aliphatic rings. The van der Waals surface area contributed by atoms with E-state index in [9.17, 15) is 31.1 Å². The van der Waals surface area contributed by atoms with Gasteiger partial charge in [-0.1, -0.05) is 0 Å². The lowest BCUT2D eigenvalue weighted by Crippen LogP contribution is -2.39. The maximum atomic E-state index is 13.5. The standard InChI is InChI=1S/C25H20F6N8O/c26-23(27,28)6-1-2-14-21-34-8-9-39(21)11-15(35-14)19-36-18(32)17-20(37-19)38-22(40)24(17,12-3-4-12)16-10-13(5-7-33-16)25(29,30)31/h5,7-12H,1-4,6H2,(H3,32,36,37,38,40). The Labute approximate surface area is 221 Å². The van der Waals surface area contributed by atoms with Crippen LogP contribution in [0.15, 0.2) is 36.9 Å². The van der Waals surface area contributed by atoms with Gasteiger partial charge in [-0.15, -0.1) is 0 Å². The van der Waals surface area contributed by atoms with Crippen LogP contribution < -0.4 is 11.1 Å². The van der Waals surface area contributed by atoms with E-state index in [-0.39, 0.29) is 53.2 Å². The molecule has 3 N–H and O–H groups in total. The van der Waals surface area contributed by atoms with Gasteiger partial charge in [-0.2, -0.15) is 26.3 Å². The van der Waals surface area contributed by atoms with Gasteiger partial charge in [0.1, 0.15) is 22.7 Å². The number of aromatic nitrogens is 6. The molecule has 4 aromatic heterocycles. The van der Waals surface area contributed by atoms with Crippen LogP contribution in [0.25, 0.3) is 17.2 Å². The Morgan fingerprint density at radius 2 is 1.85 bits per heavy atom. The second-order valence-electron chi connectivity index (χ2n) is 9.82. The van der Waals surface area contributed by atoms with Gasteiger partial charge >= 0.3 is 12.4 Å². The molecule has 1 amide bonds. The molecule has 1 aliphatic heterocycles. The lowest BCUT2D eigenvalue weighted by molar-refractivity contribution is -0.138. The summed E-state index contributed by atoms with van der Waals surface area (Å²) in [4.78, 5) is 35.1. The van der Waals surface area contributed by atoms with Gasteiger partial charge in [0.05, 0.1) is 22.5 Å². The first kappa shape index (κ1) is 26.0. The average Bonchev–Trinajstić information content (AvgIpc) is 3.52. The second kappa shape index (κ2) is 8.86. The first-order chi connectivity index (χ1) is 18.9. The van der Waals surface area contributed by atoms with Crippen LogP contribution >= 0.6 is 0 Å². The number of carbonyl (C=O) groups excluding carboxylic acids is 1. The maximum Gasteiger partial charge on any atom is 0.416 e. The van der Waals surface area contributed by atoms with Crippen LogP contribution in [-0.4, -0.2) is 41.4 Å². The lowest BCUT2D eigenvalue weighted by atomic mass is 9.74. The molecule has 4 aromatic rings. The van der Waals surface area contributed by atoms with Gasteiger partial charge in [0.25, 0.3) is 0 Å². The minimum atomic E-state index is -4.65. The Morgan fingerprint density at radius 3 is 2.55 bits per heavy atom. The number of anilines is 2. The minimum Gasteiger partial charge on any atom is -0.383 e. The number of carbonyl (C=O) groups is 1. The average molecular weight is 562 g/mol. The number of pyridine rings is 1. The summed E-state index contributed by atoms with van der Waals surface area (Å²) in [5.74, 6) is -1.11. The molecule has 1 saturated carbocycles. The molecule has 1 atom stereocenters. The first-order valence-electron chi connectivity index (χ1n) is 12.3. The van der Waals surface area contributed by atoms with E-state index >= 15 is 0 Å². The zero-order chi connectivity index (χ0) is 28.4. The molecule has 9 nitrogen and oxygen atoms in total. The Morgan fingerprint density at radius 1 is 1.07 bits per heavy atom. The highest BCUT2D eigenvalue weighted by Gasteiger charge is 2.60. The van der Waals surface area contributed by atoms with Crippen LogP contribution in [0.4, 0.5) is 38.0 Å². The predicted octanol–water partition coefficient (Wildman–Crippen LogP) is 4.72. The van der Waals surface area contributed by atoms with Crippen molar-refractivity contribution in [3.05, 3.63) is 59.4 Å². The molecule has 5 heterocycles. The van der Waals surface area contributed by atoms with E-state index in [1.165, 1.54) is 12.4 Å². The fourth-order valence-electron chi connectivity index (χ4n) is 5.30. The number of hydrogen-bond donors (Lipinski definition) is 2. The van der Waals surface area contributed by atoms with Gasteiger partial charge in [-0.3, -0.25) is 9.78 Å². The van der Waals surface area contributed by atoms with E-state index in [4.69, 9.17) is 5.73 Å². The summed E-state index contributed by atoms with van der Waals surface area (Å²) < 4.78 is 80.3. The number of amides is 1. The van der Waals surface area contributed by atoms with Gasteiger partial charge in [0, 0.05) is 31.2 Å². The molecule has 1 aliphatic carbocycles. The molecule has 0 radical (unpaired) electrons. The monoisotopic (exact) mass is 562 g/mol. The number of rotatable bonds is 6. The third-order valence-electron chi connectivity index (χ3n) is 7.15. The number of halogens is 6. The van der Waals surface area contributed by atoms with E-state index in [0.717, 1.165) is 18.3 Å². The van der Waals surface area contributed by atoms with Gasteiger partial charge in [-0.05, 0) is 43.7 Å². The van der Waals surface area contributed by atoms with E-state index in [1.54, 1.807) is 10.6 Å². The van der Waals surface area contributed by atoms with E-state index in [0.29, 0.717) is 24.2 Å². The normalized spacial score (nSPS) is 19.2. The molecule has 1 unspecified atom stereocenters. The smallest absolute Gasteiger partial charge is 0.383 e. The molecular formula is C25H20F6N8O. The maximum absolute atomic E-state index is 13.5. The van der Waals surface area contributed by atoms with Crippen LogP contribution in [0.1, 0.15) is 48.2 Å². The van der Waals surface area contributed by atoms with Crippen molar-refractivity contribution in [1.82, 2.24) is 29.3 Å². The Hall–Kier alpha value is -4.30. The number of hydrogen-bond acceptors (Lipinski definition) is 7. The van der Waals surface area contributed by atoms with Crippen molar-refractivity contribution in [3.63, 3.8) is 0 Å². The molecule has 0 saturated heterocycles. The summed E-state index contributed by atoms with van der Waals surface area (Å²) in [6.45, 7) is 0. The largest absolute Gasteiger partial charge is 0.416 e. The highest BCUT2D eigenvalue weighted by molar-refractivity contribution is 6.09. The van der Waals surface area contributed by atoms with Crippen molar-refractivity contribution in [3.8, 4) is 11.5 Å². The van der Waals surface area contributed by atoms with Crippen molar-refractivity contribution in [2.24, 2.45) is 5.92 Å². The van der Waals surface area contributed by atoms with Crippen LogP contribution in [0.2, 0.25) is 0 Å². The summed E-state index contributed by atoms with van der Waals surface area (Å²) in [5, 5.41) is 2.65. The van der Waals surface area contributed by atoms with Crippen LogP contribution in [0.3, 0.4) is 0 Å². The number of aryl methyl sites for hydroxylation is 1. The van der Waals surface area contributed by atoms with Gasteiger partial charge < -0.3 is 15.5 Å². The molecular weight excluding hydrogens is 542 g/mol. The zero-order valence-corrected chi connectivity index (χ0v) is 20.5. The zero-order valence-electron chi connectivity index (χ0n) is 20.5. The third kappa shape index (κ3) is 4.29. The molecule has 0 bridgehead atoms. The summed E-state index contributed by atoms with van der Waals surface area (Å²) in [7, 11) is 0. The van der Waals surface area contributed by atoms with Crippen molar-refractivity contribution in [1.29, 1.82) is 0 Å². The highest BCUT2D eigenvalue weighted by atomic mass is 19.4.